The molecule has 5 nitrogen and oxygen atoms in total. The van der Waals surface area contributed by atoms with E-state index in [4.69, 9.17) is 16.3 Å². The standard InChI is InChI=1S/C18H20ClF2N3O2/c1-10-6-12(7-17(22-3)23-10)18(25)24-11(2)14-5-4-13(8-15(14)19)26-9-16(20)21/h4-8,11,16H,9H2,1-3H3,(H,22,23)(H,24,25). The Bertz CT molecular complexity index is 787. The number of hydrogen-bond acceptors (Lipinski definition) is 4. The number of aryl methyl sites for hydroxylation is 1. The Hall–Kier alpha value is -2.41. The van der Waals surface area contributed by atoms with Gasteiger partial charge in [0.2, 0.25) is 0 Å². The van der Waals surface area contributed by atoms with Crippen LogP contribution in [0.1, 0.15) is 34.6 Å². The summed E-state index contributed by atoms with van der Waals surface area (Å²) in [5.41, 5.74) is 1.85. The molecule has 2 aromatic rings. The van der Waals surface area contributed by atoms with Gasteiger partial charge in [0.25, 0.3) is 12.3 Å². The van der Waals surface area contributed by atoms with E-state index in [2.05, 4.69) is 15.6 Å². The van der Waals surface area contributed by atoms with Crippen LogP contribution in [0.25, 0.3) is 0 Å². The van der Waals surface area contributed by atoms with Gasteiger partial charge in [-0.2, -0.15) is 0 Å². The van der Waals surface area contributed by atoms with Crippen molar-refractivity contribution in [2.24, 2.45) is 0 Å². The van der Waals surface area contributed by atoms with Gasteiger partial charge in [-0.15, -0.1) is 0 Å². The van der Waals surface area contributed by atoms with Crippen LogP contribution >= 0.6 is 11.6 Å². The van der Waals surface area contributed by atoms with Gasteiger partial charge < -0.3 is 15.4 Å². The molecule has 0 aliphatic carbocycles. The minimum atomic E-state index is -2.56. The number of amides is 1. The maximum atomic E-state index is 12.5. The predicted molar refractivity (Wildman–Crippen MR) is 97.4 cm³/mol. The lowest BCUT2D eigenvalue weighted by Gasteiger charge is -2.17. The summed E-state index contributed by atoms with van der Waals surface area (Å²) >= 11 is 6.20. The Morgan fingerprint density at radius 2 is 2.04 bits per heavy atom. The Kier molecular flexibility index (Phi) is 6.74. The molecule has 0 radical (unpaired) electrons. The molecule has 2 rings (SSSR count). The van der Waals surface area contributed by atoms with Gasteiger partial charge in [-0.25, -0.2) is 13.8 Å². The lowest BCUT2D eigenvalue weighted by Crippen LogP contribution is -2.27. The molecule has 0 spiro atoms. The predicted octanol–water partition coefficient (Wildman–Crippen LogP) is 4.22. The van der Waals surface area contributed by atoms with Gasteiger partial charge >= 0.3 is 0 Å². The van der Waals surface area contributed by atoms with Gasteiger partial charge in [0.05, 0.1) is 6.04 Å². The van der Waals surface area contributed by atoms with Crippen LogP contribution in [0.4, 0.5) is 14.6 Å². The van der Waals surface area contributed by atoms with Gasteiger partial charge in [0.1, 0.15) is 18.2 Å². The molecule has 1 unspecified atom stereocenters. The monoisotopic (exact) mass is 383 g/mol. The first-order valence-corrected chi connectivity index (χ1v) is 8.35. The van der Waals surface area contributed by atoms with Crippen molar-refractivity contribution in [1.82, 2.24) is 10.3 Å². The van der Waals surface area contributed by atoms with Crippen LogP contribution in [0.2, 0.25) is 5.02 Å². The third-order valence-corrected chi connectivity index (χ3v) is 3.96. The molecular weight excluding hydrogens is 364 g/mol. The molecule has 1 atom stereocenters. The zero-order valence-electron chi connectivity index (χ0n) is 14.6. The van der Waals surface area contributed by atoms with E-state index in [0.29, 0.717) is 27.7 Å². The summed E-state index contributed by atoms with van der Waals surface area (Å²) in [6, 6.07) is 7.60. The van der Waals surface area contributed by atoms with E-state index >= 15 is 0 Å². The van der Waals surface area contributed by atoms with Crippen LogP contribution in [-0.2, 0) is 0 Å². The second kappa shape index (κ2) is 8.80. The number of aromatic nitrogens is 1. The number of carbonyl (C=O) groups excluding carboxylic acids is 1. The van der Waals surface area contributed by atoms with E-state index in [0.717, 1.165) is 0 Å². The van der Waals surface area contributed by atoms with E-state index in [-0.39, 0.29) is 17.7 Å². The van der Waals surface area contributed by atoms with Crippen LogP contribution in [0.15, 0.2) is 30.3 Å². The first-order chi connectivity index (χ1) is 12.3. The molecule has 0 aliphatic heterocycles. The summed E-state index contributed by atoms with van der Waals surface area (Å²) in [5.74, 6) is 0.580. The van der Waals surface area contributed by atoms with E-state index in [1.54, 1.807) is 45.2 Å². The number of benzene rings is 1. The fourth-order valence-electron chi connectivity index (χ4n) is 2.39. The van der Waals surface area contributed by atoms with Crippen molar-refractivity contribution in [3.8, 4) is 5.75 Å². The second-order valence-corrected chi connectivity index (χ2v) is 6.12. The summed E-state index contributed by atoms with van der Waals surface area (Å²) in [5, 5.41) is 6.09. The maximum absolute atomic E-state index is 12.5. The Morgan fingerprint density at radius 3 is 2.65 bits per heavy atom. The van der Waals surface area contributed by atoms with E-state index in [9.17, 15) is 13.6 Å². The van der Waals surface area contributed by atoms with Crippen molar-refractivity contribution in [2.45, 2.75) is 26.3 Å². The molecule has 2 N–H and O–H groups in total. The quantitative estimate of drug-likeness (QED) is 0.751. The molecular formula is C18H20ClF2N3O2. The number of ether oxygens (including phenoxy) is 1. The number of rotatable bonds is 7. The molecule has 1 aromatic carbocycles. The van der Waals surface area contributed by atoms with E-state index < -0.39 is 13.0 Å². The first-order valence-electron chi connectivity index (χ1n) is 7.98. The van der Waals surface area contributed by atoms with Crippen LogP contribution in [0, 0.1) is 6.92 Å². The van der Waals surface area contributed by atoms with Crippen molar-refractivity contribution >= 4 is 23.3 Å². The van der Waals surface area contributed by atoms with Crippen LogP contribution in [0.3, 0.4) is 0 Å². The summed E-state index contributed by atoms with van der Waals surface area (Å²) in [7, 11) is 1.73. The Labute approximate surface area is 155 Å². The average molecular weight is 384 g/mol. The SMILES string of the molecule is CNc1cc(C(=O)NC(C)c2ccc(OCC(F)F)cc2Cl)cc(C)n1. The number of nitrogens with zero attached hydrogens (tertiary/aromatic N) is 1. The number of hydrogen-bond donors (Lipinski definition) is 2. The van der Waals surface area contributed by atoms with Gasteiger partial charge in [0.15, 0.2) is 0 Å². The van der Waals surface area contributed by atoms with Gasteiger partial charge in [0, 0.05) is 23.3 Å². The number of pyridine rings is 1. The summed E-state index contributed by atoms with van der Waals surface area (Å²) < 4.78 is 29.3. The van der Waals surface area contributed by atoms with Gasteiger partial charge in [-0.05, 0) is 43.7 Å². The third-order valence-electron chi connectivity index (χ3n) is 3.63. The number of carbonyl (C=O) groups is 1. The fourth-order valence-corrected chi connectivity index (χ4v) is 2.73. The molecule has 1 aromatic heterocycles. The highest BCUT2D eigenvalue weighted by Crippen LogP contribution is 2.28. The zero-order chi connectivity index (χ0) is 19.3. The molecule has 0 saturated carbocycles. The van der Waals surface area contributed by atoms with Crippen LogP contribution in [0.5, 0.6) is 5.75 Å². The lowest BCUT2D eigenvalue weighted by atomic mass is 10.1. The van der Waals surface area contributed by atoms with Crippen molar-refractivity contribution < 1.29 is 18.3 Å². The van der Waals surface area contributed by atoms with Crippen molar-refractivity contribution in [3.05, 3.63) is 52.2 Å². The highest BCUT2D eigenvalue weighted by molar-refractivity contribution is 6.31. The van der Waals surface area contributed by atoms with Crippen LogP contribution < -0.4 is 15.4 Å². The Balaban J connectivity index is 2.10. The normalized spacial score (nSPS) is 12.0. The smallest absolute Gasteiger partial charge is 0.272 e. The molecule has 8 heteroatoms. The summed E-state index contributed by atoms with van der Waals surface area (Å²) in [6.07, 6.45) is -2.56. The molecule has 0 aliphatic rings. The summed E-state index contributed by atoms with van der Waals surface area (Å²) in [6.45, 7) is 2.89. The van der Waals surface area contributed by atoms with E-state index in [1.165, 1.54) is 6.07 Å². The molecule has 0 fully saturated rings. The van der Waals surface area contributed by atoms with Gasteiger partial charge in [-0.3, -0.25) is 4.79 Å². The van der Waals surface area contributed by atoms with Gasteiger partial charge in [-0.1, -0.05) is 17.7 Å². The number of anilines is 1. The van der Waals surface area contributed by atoms with Crippen molar-refractivity contribution in [2.75, 3.05) is 19.0 Å². The molecule has 1 amide bonds. The zero-order valence-corrected chi connectivity index (χ0v) is 15.4. The Morgan fingerprint density at radius 1 is 1.31 bits per heavy atom. The number of nitrogens with one attached hydrogen (secondary N) is 2. The summed E-state index contributed by atoms with van der Waals surface area (Å²) in [4.78, 5) is 16.7. The first kappa shape index (κ1) is 19.9. The highest BCUT2D eigenvalue weighted by Gasteiger charge is 2.16. The third kappa shape index (κ3) is 5.29. The molecule has 0 saturated heterocycles. The van der Waals surface area contributed by atoms with E-state index in [1.807, 2.05) is 0 Å². The second-order valence-electron chi connectivity index (χ2n) is 5.71. The van der Waals surface area contributed by atoms with Crippen LogP contribution in [-0.4, -0.2) is 31.0 Å². The molecule has 0 bridgehead atoms. The molecule has 26 heavy (non-hydrogen) atoms. The number of halogens is 3. The number of alkyl halides is 2. The van der Waals surface area contributed by atoms with Crippen molar-refractivity contribution in [3.63, 3.8) is 0 Å². The fraction of sp³-hybridized carbons (Fsp3) is 0.333. The minimum absolute atomic E-state index is 0.251. The molecule has 140 valence electrons. The lowest BCUT2D eigenvalue weighted by molar-refractivity contribution is 0.0818. The molecule has 1 heterocycles. The average Bonchev–Trinajstić information content (AvgIpc) is 2.59. The largest absolute Gasteiger partial charge is 0.488 e. The topological polar surface area (TPSA) is 63.2 Å². The minimum Gasteiger partial charge on any atom is -0.488 e. The van der Waals surface area contributed by atoms with Crippen molar-refractivity contribution in [1.29, 1.82) is 0 Å². The maximum Gasteiger partial charge on any atom is 0.272 e. The highest BCUT2D eigenvalue weighted by atomic mass is 35.5.